The van der Waals surface area contributed by atoms with E-state index in [0.717, 1.165) is 19.0 Å². The molecule has 1 aliphatic heterocycles. The molecule has 16 heavy (non-hydrogen) atoms. The van der Waals surface area contributed by atoms with E-state index < -0.39 is 6.04 Å². The Morgan fingerprint density at radius 3 is 2.50 bits per heavy atom. The molecule has 0 aromatic heterocycles. The minimum absolute atomic E-state index is 0.0581. The molecule has 1 rings (SSSR count). The SMILES string of the molecule is CC1CCN(C(C)CNC(=O)C(C)N)CC1. The first kappa shape index (κ1) is 13.5. The molecule has 2 atom stereocenters. The largest absolute Gasteiger partial charge is 0.353 e. The zero-order valence-corrected chi connectivity index (χ0v) is 10.7. The van der Waals surface area contributed by atoms with Crippen molar-refractivity contribution in [3.05, 3.63) is 0 Å². The molecular weight excluding hydrogens is 202 g/mol. The maximum Gasteiger partial charge on any atom is 0.236 e. The van der Waals surface area contributed by atoms with Crippen LogP contribution in [0.15, 0.2) is 0 Å². The Labute approximate surface area is 98.6 Å². The van der Waals surface area contributed by atoms with Gasteiger partial charge in [0.15, 0.2) is 0 Å². The van der Waals surface area contributed by atoms with E-state index in [1.807, 2.05) is 0 Å². The molecule has 0 bridgehead atoms. The van der Waals surface area contributed by atoms with Crippen molar-refractivity contribution in [1.29, 1.82) is 0 Å². The Bertz CT molecular complexity index is 222. The van der Waals surface area contributed by atoms with Crippen molar-refractivity contribution in [1.82, 2.24) is 10.2 Å². The molecule has 1 aliphatic rings. The van der Waals surface area contributed by atoms with Gasteiger partial charge in [0.1, 0.15) is 0 Å². The van der Waals surface area contributed by atoms with Crippen molar-refractivity contribution in [3.63, 3.8) is 0 Å². The summed E-state index contributed by atoms with van der Waals surface area (Å²) in [7, 11) is 0. The topological polar surface area (TPSA) is 58.4 Å². The molecule has 1 fully saturated rings. The minimum Gasteiger partial charge on any atom is -0.353 e. The summed E-state index contributed by atoms with van der Waals surface area (Å²) < 4.78 is 0. The van der Waals surface area contributed by atoms with E-state index >= 15 is 0 Å². The molecule has 0 spiro atoms. The first-order valence-corrected chi connectivity index (χ1v) is 6.28. The van der Waals surface area contributed by atoms with Gasteiger partial charge in [-0.1, -0.05) is 6.92 Å². The van der Waals surface area contributed by atoms with Gasteiger partial charge in [-0.3, -0.25) is 9.69 Å². The number of amides is 1. The molecule has 1 amide bonds. The Balaban J connectivity index is 2.24. The maximum absolute atomic E-state index is 11.3. The summed E-state index contributed by atoms with van der Waals surface area (Å²) >= 11 is 0. The van der Waals surface area contributed by atoms with Crippen molar-refractivity contribution >= 4 is 5.91 Å². The van der Waals surface area contributed by atoms with Gasteiger partial charge in [-0.15, -0.1) is 0 Å². The van der Waals surface area contributed by atoms with Gasteiger partial charge in [-0.05, 0) is 45.7 Å². The van der Waals surface area contributed by atoms with E-state index in [2.05, 4.69) is 24.1 Å². The van der Waals surface area contributed by atoms with E-state index in [9.17, 15) is 4.79 Å². The molecule has 0 aromatic rings. The summed E-state index contributed by atoms with van der Waals surface area (Å²) in [6, 6.07) is 0.00350. The fourth-order valence-corrected chi connectivity index (χ4v) is 2.01. The molecule has 0 radical (unpaired) electrons. The van der Waals surface area contributed by atoms with E-state index in [1.54, 1.807) is 6.92 Å². The molecule has 4 heteroatoms. The van der Waals surface area contributed by atoms with Gasteiger partial charge in [-0.25, -0.2) is 0 Å². The van der Waals surface area contributed by atoms with E-state index in [-0.39, 0.29) is 5.91 Å². The zero-order valence-electron chi connectivity index (χ0n) is 10.7. The van der Waals surface area contributed by atoms with Gasteiger partial charge >= 0.3 is 0 Å². The van der Waals surface area contributed by atoms with Crippen LogP contribution in [0.25, 0.3) is 0 Å². The number of nitrogens with two attached hydrogens (primary N) is 1. The van der Waals surface area contributed by atoms with Crippen LogP contribution in [0.4, 0.5) is 0 Å². The normalized spacial score (nSPS) is 22.8. The van der Waals surface area contributed by atoms with Crippen LogP contribution in [-0.2, 0) is 4.79 Å². The predicted octanol–water partition coefficient (Wildman–Crippen LogP) is 0.570. The third-order valence-electron chi connectivity index (χ3n) is 3.43. The Morgan fingerprint density at radius 2 is 2.00 bits per heavy atom. The minimum atomic E-state index is -0.409. The summed E-state index contributed by atoms with van der Waals surface area (Å²) in [5.74, 6) is 0.791. The number of likely N-dealkylation sites (tertiary alicyclic amines) is 1. The van der Waals surface area contributed by atoms with Crippen LogP contribution >= 0.6 is 0 Å². The van der Waals surface area contributed by atoms with Crippen molar-refractivity contribution in [2.75, 3.05) is 19.6 Å². The maximum atomic E-state index is 11.3. The second kappa shape index (κ2) is 6.21. The van der Waals surface area contributed by atoms with Gasteiger partial charge in [0.05, 0.1) is 6.04 Å². The first-order valence-electron chi connectivity index (χ1n) is 6.28. The van der Waals surface area contributed by atoms with Gasteiger partial charge in [0.2, 0.25) is 5.91 Å². The van der Waals surface area contributed by atoms with Crippen LogP contribution in [0.1, 0.15) is 33.6 Å². The molecule has 94 valence electrons. The predicted molar refractivity (Wildman–Crippen MR) is 66.1 cm³/mol. The number of piperidine rings is 1. The molecule has 2 unspecified atom stereocenters. The van der Waals surface area contributed by atoms with E-state index in [1.165, 1.54) is 12.8 Å². The fourth-order valence-electron chi connectivity index (χ4n) is 2.01. The third-order valence-corrected chi connectivity index (χ3v) is 3.43. The van der Waals surface area contributed by atoms with Crippen LogP contribution in [-0.4, -0.2) is 42.5 Å². The molecule has 1 heterocycles. The lowest BCUT2D eigenvalue weighted by atomic mass is 9.98. The van der Waals surface area contributed by atoms with Crippen LogP contribution in [0.3, 0.4) is 0 Å². The summed E-state index contributed by atoms with van der Waals surface area (Å²) in [5.41, 5.74) is 5.49. The van der Waals surface area contributed by atoms with Crippen LogP contribution in [0, 0.1) is 5.92 Å². The number of hydrogen-bond donors (Lipinski definition) is 2. The standard InChI is InChI=1S/C12H25N3O/c1-9-4-6-15(7-5-9)10(2)8-14-12(16)11(3)13/h9-11H,4-8,13H2,1-3H3,(H,14,16). The summed E-state index contributed by atoms with van der Waals surface area (Å²) in [5, 5.41) is 2.88. The number of nitrogens with one attached hydrogen (secondary N) is 1. The first-order chi connectivity index (χ1) is 7.50. The lowest BCUT2D eigenvalue weighted by Crippen LogP contribution is -2.48. The zero-order chi connectivity index (χ0) is 12.1. The molecular formula is C12H25N3O. The molecule has 3 N–H and O–H groups in total. The highest BCUT2D eigenvalue weighted by Gasteiger charge is 2.20. The van der Waals surface area contributed by atoms with Crippen LogP contribution in [0.5, 0.6) is 0 Å². The molecule has 0 aliphatic carbocycles. The average molecular weight is 227 g/mol. The molecule has 0 aromatic carbocycles. The highest BCUT2D eigenvalue weighted by molar-refractivity contribution is 5.80. The van der Waals surface area contributed by atoms with Gasteiger partial charge in [0.25, 0.3) is 0 Å². The van der Waals surface area contributed by atoms with Crippen molar-refractivity contribution in [2.24, 2.45) is 11.7 Å². The molecule has 4 nitrogen and oxygen atoms in total. The summed E-state index contributed by atoms with van der Waals surface area (Å²) in [4.78, 5) is 13.8. The Hall–Kier alpha value is -0.610. The van der Waals surface area contributed by atoms with E-state index in [4.69, 9.17) is 5.73 Å². The average Bonchev–Trinajstić information content (AvgIpc) is 2.26. The number of nitrogens with zero attached hydrogens (tertiary/aromatic N) is 1. The number of carbonyl (C=O) groups excluding carboxylic acids is 1. The van der Waals surface area contributed by atoms with Crippen molar-refractivity contribution in [3.8, 4) is 0 Å². The molecule has 1 saturated heterocycles. The van der Waals surface area contributed by atoms with Crippen LogP contribution < -0.4 is 11.1 Å². The van der Waals surface area contributed by atoms with Crippen molar-refractivity contribution in [2.45, 2.75) is 45.7 Å². The monoisotopic (exact) mass is 227 g/mol. The van der Waals surface area contributed by atoms with E-state index in [0.29, 0.717) is 12.6 Å². The fraction of sp³-hybridized carbons (Fsp3) is 0.917. The lowest BCUT2D eigenvalue weighted by Gasteiger charge is -2.35. The van der Waals surface area contributed by atoms with Gasteiger partial charge in [0, 0.05) is 12.6 Å². The number of hydrogen-bond acceptors (Lipinski definition) is 3. The highest BCUT2D eigenvalue weighted by Crippen LogP contribution is 2.17. The third kappa shape index (κ3) is 4.10. The smallest absolute Gasteiger partial charge is 0.236 e. The second-order valence-corrected chi connectivity index (χ2v) is 5.10. The van der Waals surface area contributed by atoms with Crippen LogP contribution in [0.2, 0.25) is 0 Å². The Morgan fingerprint density at radius 1 is 1.44 bits per heavy atom. The quantitative estimate of drug-likeness (QED) is 0.738. The van der Waals surface area contributed by atoms with Gasteiger partial charge < -0.3 is 11.1 Å². The van der Waals surface area contributed by atoms with Gasteiger partial charge in [-0.2, -0.15) is 0 Å². The summed E-state index contributed by atoms with van der Waals surface area (Å²) in [6.45, 7) is 9.18. The lowest BCUT2D eigenvalue weighted by molar-refractivity contribution is -0.122. The number of carbonyl (C=O) groups is 1. The Kier molecular flexibility index (Phi) is 5.22. The second-order valence-electron chi connectivity index (χ2n) is 5.10. The molecule has 0 saturated carbocycles. The number of rotatable bonds is 4. The summed E-state index contributed by atoms with van der Waals surface area (Å²) in [6.07, 6.45) is 2.54. The van der Waals surface area contributed by atoms with Crippen molar-refractivity contribution < 1.29 is 4.79 Å². The highest BCUT2D eigenvalue weighted by atomic mass is 16.2.